The van der Waals surface area contributed by atoms with E-state index in [0.717, 1.165) is 5.56 Å². The molecule has 0 aliphatic carbocycles. The van der Waals surface area contributed by atoms with Gasteiger partial charge < -0.3 is 15.5 Å². The van der Waals surface area contributed by atoms with Crippen LogP contribution in [0, 0.1) is 0 Å². The molecule has 0 radical (unpaired) electrons. The molecule has 0 aliphatic heterocycles. The van der Waals surface area contributed by atoms with Crippen LogP contribution in [0.5, 0.6) is 0 Å². The number of furan rings is 1. The first-order valence-corrected chi connectivity index (χ1v) is 3.74. The van der Waals surface area contributed by atoms with Crippen LogP contribution >= 0.6 is 0 Å². The van der Waals surface area contributed by atoms with E-state index >= 15 is 0 Å². The van der Waals surface area contributed by atoms with Crippen molar-refractivity contribution in [3.63, 3.8) is 0 Å². The predicted octanol–water partition coefficient (Wildman–Crippen LogP) is 0.243. The predicted molar refractivity (Wildman–Crippen MR) is 44.2 cm³/mol. The van der Waals surface area contributed by atoms with E-state index in [4.69, 9.17) is 10.2 Å². The lowest BCUT2D eigenvalue weighted by molar-refractivity contribution is -0.122. The topological polar surface area (TPSA) is 68.3 Å². The number of carbonyl (C=O) groups is 1. The fourth-order valence-electron chi connectivity index (χ4n) is 0.743. The zero-order valence-electron chi connectivity index (χ0n) is 6.91. The Morgan fingerprint density at radius 3 is 3.08 bits per heavy atom. The van der Waals surface area contributed by atoms with Gasteiger partial charge in [-0.2, -0.15) is 0 Å². The van der Waals surface area contributed by atoms with Gasteiger partial charge in [-0.25, -0.2) is 0 Å². The molecule has 4 heteroatoms. The van der Waals surface area contributed by atoms with Crippen LogP contribution in [0.25, 0.3) is 0 Å². The molecule has 1 heterocycles. The number of nitrogens with two attached hydrogens (primary N) is 1. The Hall–Kier alpha value is -1.29. The van der Waals surface area contributed by atoms with Crippen molar-refractivity contribution >= 4 is 5.91 Å². The Morgan fingerprint density at radius 1 is 1.83 bits per heavy atom. The molecule has 1 atom stereocenters. The molecule has 3 N–H and O–H groups in total. The van der Waals surface area contributed by atoms with Crippen LogP contribution in [0.4, 0.5) is 0 Å². The first-order chi connectivity index (χ1) is 5.70. The van der Waals surface area contributed by atoms with Gasteiger partial charge in [-0.1, -0.05) is 0 Å². The molecule has 0 bridgehead atoms. The Morgan fingerprint density at radius 2 is 2.58 bits per heavy atom. The van der Waals surface area contributed by atoms with Crippen LogP contribution in [-0.4, -0.2) is 11.9 Å². The molecular formula is C8H12N2O2. The third kappa shape index (κ3) is 2.39. The molecule has 0 fully saturated rings. The second-order valence-electron chi connectivity index (χ2n) is 2.64. The maximum atomic E-state index is 11.0. The fraction of sp³-hybridized carbons (Fsp3) is 0.375. The standard InChI is InChI=1S/C8H12N2O2/c1-6(9)8(11)10-4-7-2-3-12-5-7/h2-3,5-6H,4,9H2,1H3,(H,10,11). The Bertz CT molecular complexity index is 242. The van der Waals surface area contributed by atoms with Gasteiger partial charge in [0.15, 0.2) is 0 Å². The van der Waals surface area contributed by atoms with Crippen molar-refractivity contribution in [1.29, 1.82) is 0 Å². The molecule has 0 saturated carbocycles. The lowest BCUT2D eigenvalue weighted by atomic mass is 10.3. The van der Waals surface area contributed by atoms with E-state index < -0.39 is 6.04 Å². The van der Waals surface area contributed by atoms with Gasteiger partial charge in [-0.3, -0.25) is 4.79 Å². The van der Waals surface area contributed by atoms with Crippen LogP contribution in [0.3, 0.4) is 0 Å². The molecule has 1 aromatic heterocycles. The average Bonchev–Trinajstić information content (AvgIpc) is 2.51. The van der Waals surface area contributed by atoms with Crippen LogP contribution in [0.15, 0.2) is 23.0 Å². The SMILES string of the molecule is CC(N)C(=O)NCc1ccoc1. The lowest BCUT2D eigenvalue weighted by Gasteiger charge is -2.05. The van der Waals surface area contributed by atoms with Gasteiger partial charge >= 0.3 is 0 Å². The third-order valence-electron chi connectivity index (χ3n) is 1.46. The summed E-state index contributed by atoms with van der Waals surface area (Å²) in [5.74, 6) is -0.156. The quantitative estimate of drug-likeness (QED) is 0.679. The van der Waals surface area contributed by atoms with Gasteiger partial charge in [-0.05, 0) is 13.0 Å². The van der Waals surface area contributed by atoms with Gasteiger partial charge in [0.2, 0.25) is 5.91 Å². The summed E-state index contributed by atoms with van der Waals surface area (Å²) in [5.41, 5.74) is 6.27. The molecule has 4 nitrogen and oxygen atoms in total. The largest absolute Gasteiger partial charge is 0.472 e. The second kappa shape index (κ2) is 3.92. The molecule has 1 aromatic rings. The zero-order valence-corrected chi connectivity index (χ0v) is 6.91. The molecule has 0 spiro atoms. The summed E-state index contributed by atoms with van der Waals surface area (Å²) in [6.07, 6.45) is 3.15. The van der Waals surface area contributed by atoms with Gasteiger partial charge in [0.1, 0.15) is 0 Å². The third-order valence-corrected chi connectivity index (χ3v) is 1.46. The van der Waals surface area contributed by atoms with E-state index in [1.54, 1.807) is 25.5 Å². The van der Waals surface area contributed by atoms with E-state index in [0.29, 0.717) is 6.54 Å². The van der Waals surface area contributed by atoms with Crippen molar-refractivity contribution in [3.8, 4) is 0 Å². The number of amides is 1. The number of rotatable bonds is 3. The van der Waals surface area contributed by atoms with E-state index in [1.165, 1.54) is 0 Å². The first-order valence-electron chi connectivity index (χ1n) is 3.74. The van der Waals surface area contributed by atoms with Gasteiger partial charge in [0.25, 0.3) is 0 Å². The van der Waals surface area contributed by atoms with E-state index in [-0.39, 0.29) is 5.91 Å². The molecule has 1 unspecified atom stereocenters. The highest BCUT2D eigenvalue weighted by molar-refractivity contribution is 5.80. The highest BCUT2D eigenvalue weighted by atomic mass is 16.3. The lowest BCUT2D eigenvalue weighted by Crippen LogP contribution is -2.37. The number of hydrogen-bond donors (Lipinski definition) is 2. The first kappa shape index (κ1) is 8.80. The smallest absolute Gasteiger partial charge is 0.236 e. The summed E-state index contributed by atoms with van der Waals surface area (Å²) in [6, 6.07) is 1.33. The fourth-order valence-corrected chi connectivity index (χ4v) is 0.743. The van der Waals surface area contributed by atoms with Crippen molar-refractivity contribution in [1.82, 2.24) is 5.32 Å². The summed E-state index contributed by atoms with van der Waals surface area (Å²) in [5, 5.41) is 2.66. The molecular weight excluding hydrogens is 156 g/mol. The monoisotopic (exact) mass is 168 g/mol. The molecule has 0 aliphatic rings. The number of nitrogens with one attached hydrogen (secondary N) is 1. The summed E-state index contributed by atoms with van der Waals surface area (Å²) in [7, 11) is 0. The van der Waals surface area contributed by atoms with Crippen LogP contribution in [0.2, 0.25) is 0 Å². The highest BCUT2D eigenvalue weighted by Gasteiger charge is 2.05. The van der Waals surface area contributed by atoms with Crippen molar-refractivity contribution < 1.29 is 9.21 Å². The Kier molecular flexibility index (Phi) is 2.88. The second-order valence-corrected chi connectivity index (χ2v) is 2.64. The highest BCUT2D eigenvalue weighted by Crippen LogP contribution is 1.98. The van der Waals surface area contributed by atoms with Crippen molar-refractivity contribution in [2.75, 3.05) is 0 Å². The Labute approximate surface area is 70.7 Å². The number of hydrogen-bond acceptors (Lipinski definition) is 3. The minimum absolute atomic E-state index is 0.156. The van der Waals surface area contributed by atoms with Crippen LogP contribution in [-0.2, 0) is 11.3 Å². The van der Waals surface area contributed by atoms with E-state index in [1.807, 2.05) is 0 Å². The van der Waals surface area contributed by atoms with Crippen molar-refractivity contribution in [2.24, 2.45) is 5.73 Å². The maximum Gasteiger partial charge on any atom is 0.236 e. The molecule has 1 rings (SSSR count). The maximum absolute atomic E-state index is 11.0. The number of carbonyl (C=O) groups excluding carboxylic acids is 1. The molecule has 12 heavy (non-hydrogen) atoms. The molecule has 0 saturated heterocycles. The normalized spacial score (nSPS) is 12.5. The summed E-state index contributed by atoms with van der Waals surface area (Å²) in [4.78, 5) is 11.0. The van der Waals surface area contributed by atoms with Gasteiger partial charge in [0.05, 0.1) is 18.6 Å². The van der Waals surface area contributed by atoms with Crippen LogP contribution in [0.1, 0.15) is 12.5 Å². The van der Waals surface area contributed by atoms with Crippen molar-refractivity contribution in [2.45, 2.75) is 19.5 Å². The zero-order chi connectivity index (χ0) is 8.97. The summed E-state index contributed by atoms with van der Waals surface area (Å²) >= 11 is 0. The van der Waals surface area contributed by atoms with Crippen molar-refractivity contribution in [3.05, 3.63) is 24.2 Å². The van der Waals surface area contributed by atoms with Gasteiger partial charge in [-0.15, -0.1) is 0 Å². The van der Waals surface area contributed by atoms with Gasteiger partial charge in [0, 0.05) is 12.1 Å². The van der Waals surface area contributed by atoms with E-state index in [2.05, 4.69) is 5.32 Å². The summed E-state index contributed by atoms with van der Waals surface area (Å²) in [6.45, 7) is 2.11. The molecule has 66 valence electrons. The minimum atomic E-state index is -0.461. The summed E-state index contributed by atoms with van der Waals surface area (Å²) < 4.78 is 4.82. The minimum Gasteiger partial charge on any atom is -0.472 e. The van der Waals surface area contributed by atoms with Crippen LogP contribution < -0.4 is 11.1 Å². The molecule has 1 amide bonds. The van der Waals surface area contributed by atoms with E-state index in [9.17, 15) is 4.79 Å². The average molecular weight is 168 g/mol. The Balaban J connectivity index is 2.32. The molecule has 0 aromatic carbocycles.